The third-order valence-electron chi connectivity index (χ3n) is 3.47. The van der Waals surface area contributed by atoms with Gasteiger partial charge in [-0.25, -0.2) is 10.8 Å². The Kier molecular flexibility index (Phi) is 3.62. The molecule has 0 spiro atoms. The van der Waals surface area contributed by atoms with Crippen molar-refractivity contribution < 1.29 is 9.47 Å². The van der Waals surface area contributed by atoms with Gasteiger partial charge in [0.05, 0.1) is 12.7 Å². The molecule has 1 saturated carbocycles. The minimum absolute atomic E-state index is 0.415. The third-order valence-corrected chi connectivity index (χ3v) is 3.47. The number of benzene rings is 1. The molecule has 1 aromatic carbocycles. The van der Waals surface area contributed by atoms with Crippen LogP contribution in [0.5, 0.6) is 17.4 Å². The van der Waals surface area contributed by atoms with E-state index in [1.54, 1.807) is 7.11 Å². The van der Waals surface area contributed by atoms with Crippen molar-refractivity contribution in [3.05, 3.63) is 35.7 Å². The molecule has 0 radical (unpaired) electrons. The molecule has 1 fully saturated rings. The first-order valence-corrected chi connectivity index (χ1v) is 6.89. The van der Waals surface area contributed by atoms with Gasteiger partial charge in [0.2, 0.25) is 5.88 Å². The zero-order valence-corrected chi connectivity index (χ0v) is 12.1. The summed E-state index contributed by atoms with van der Waals surface area (Å²) in [6, 6.07) is 7.46. The third kappa shape index (κ3) is 2.75. The number of nitrogen functional groups attached to an aromatic ring is 1. The van der Waals surface area contributed by atoms with E-state index in [9.17, 15) is 0 Å². The van der Waals surface area contributed by atoms with Gasteiger partial charge in [0.25, 0.3) is 0 Å². The molecule has 6 heteroatoms. The van der Waals surface area contributed by atoms with Crippen LogP contribution in [0.1, 0.15) is 30.1 Å². The Morgan fingerprint density at radius 1 is 1.19 bits per heavy atom. The zero-order valence-electron chi connectivity index (χ0n) is 12.1. The second-order valence-corrected chi connectivity index (χ2v) is 5.03. The van der Waals surface area contributed by atoms with E-state index in [1.807, 2.05) is 31.2 Å². The first-order chi connectivity index (χ1) is 10.2. The van der Waals surface area contributed by atoms with Crippen molar-refractivity contribution in [2.45, 2.75) is 25.7 Å². The molecule has 1 aromatic heterocycles. The predicted octanol–water partition coefficient (Wildman–Crippen LogP) is 2.75. The highest BCUT2D eigenvalue weighted by atomic mass is 16.5. The van der Waals surface area contributed by atoms with Gasteiger partial charge in [0, 0.05) is 5.92 Å². The zero-order chi connectivity index (χ0) is 14.8. The van der Waals surface area contributed by atoms with Gasteiger partial charge >= 0.3 is 0 Å². The maximum Gasteiger partial charge on any atom is 0.227 e. The Morgan fingerprint density at radius 2 is 1.90 bits per heavy atom. The second kappa shape index (κ2) is 5.57. The van der Waals surface area contributed by atoms with Gasteiger partial charge in [0.1, 0.15) is 5.82 Å². The number of nitrogens with zero attached hydrogens (tertiary/aromatic N) is 2. The van der Waals surface area contributed by atoms with Crippen LogP contribution in [0.3, 0.4) is 0 Å². The van der Waals surface area contributed by atoms with Crippen LogP contribution in [0.15, 0.2) is 24.3 Å². The molecule has 1 aliphatic rings. The average molecular weight is 286 g/mol. The van der Waals surface area contributed by atoms with E-state index in [-0.39, 0.29) is 0 Å². The molecule has 0 bridgehead atoms. The van der Waals surface area contributed by atoms with Gasteiger partial charge < -0.3 is 14.9 Å². The number of aromatic nitrogens is 2. The minimum Gasteiger partial charge on any atom is -0.493 e. The van der Waals surface area contributed by atoms with Gasteiger partial charge in [-0.3, -0.25) is 0 Å². The Labute approximate surface area is 123 Å². The lowest BCUT2D eigenvalue weighted by Gasteiger charge is -2.14. The molecule has 21 heavy (non-hydrogen) atoms. The van der Waals surface area contributed by atoms with Crippen molar-refractivity contribution in [2.75, 3.05) is 12.5 Å². The maximum absolute atomic E-state index is 5.92. The first-order valence-electron chi connectivity index (χ1n) is 6.89. The molecule has 0 unspecified atom stereocenters. The van der Waals surface area contributed by atoms with Crippen LogP contribution in [-0.4, -0.2) is 17.1 Å². The summed E-state index contributed by atoms with van der Waals surface area (Å²) in [5.74, 6) is 9.10. The number of rotatable bonds is 5. The van der Waals surface area contributed by atoms with Crippen molar-refractivity contribution in [1.29, 1.82) is 0 Å². The SMILES string of the molecule is COc1ccccc1Oc1nc(C2CC2)nc(NN)c1C. The Balaban J connectivity index is 1.99. The highest BCUT2D eigenvalue weighted by Gasteiger charge is 2.28. The maximum atomic E-state index is 5.92. The molecule has 0 aliphatic heterocycles. The summed E-state index contributed by atoms with van der Waals surface area (Å²) in [6.07, 6.45) is 2.22. The summed E-state index contributed by atoms with van der Waals surface area (Å²) < 4.78 is 11.2. The largest absolute Gasteiger partial charge is 0.493 e. The smallest absolute Gasteiger partial charge is 0.227 e. The van der Waals surface area contributed by atoms with Crippen molar-refractivity contribution in [2.24, 2.45) is 5.84 Å². The van der Waals surface area contributed by atoms with Crippen molar-refractivity contribution in [3.8, 4) is 17.4 Å². The lowest BCUT2D eigenvalue weighted by molar-refractivity contribution is 0.372. The number of hydrazine groups is 1. The highest BCUT2D eigenvalue weighted by molar-refractivity contribution is 5.50. The van der Waals surface area contributed by atoms with Gasteiger partial charge in [-0.05, 0) is 31.9 Å². The van der Waals surface area contributed by atoms with Crippen LogP contribution in [-0.2, 0) is 0 Å². The van der Waals surface area contributed by atoms with Crippen molar-refractivity contribution >= 4 is 5.82 Å². The minimum atomic E-state index is 0.415. The molecule has 6 nitrogen and oxygen atoms in total. The van der Waals surface area contributed by atoms with Crippen molar-refractivity contribution in [3.63, 3.8) is 0 Å². The van der Waals surface area contributed by atoms with Crippen molar-refractivity contribution in [1.82, 2.24) is 9.97 Å². The van der Waals surface area contributed by atoms with Gasteiger partial charge in [-0.2, -0.15) is 4.98 Å². The van der Waals surface area contributed by atoms with E-state index < -0.39 is 0 Å². The number of nitrogens with one attached hydrogen (secondary N) is 1. The van der Waals surface area contributed by atoms with E-state index in [0.29, 0.717) is 29.1 Å². The molecular formula is C15H18N4O2. The Bertz CT molecular complexity index is 656. The molecule has 0 saturated heterocycles. The van der Waals surface area contributed by atoms with Gasteiger partial charge in [-0.15, -0.1) is 0 Å². The molecule has 110 valence electrons. The summed E-state index contributed by atoms with van der Waals surface area (Å²) in [6.45, 7) is 1.87. The number of hydrogen-bond donors (Lipinski definition) is 2. The summed E-state index contributed by atoms with van der Waals surface area (Å²) >= 11 is 0. The summed E-state index contributed by atoms with van der Waals surface area (Å²) in [5, 5.41) is 0. The van der Waals surface area contributed by atoms with Crippen LogP contribution in [0, 0.1) is 6.92 Å². The number of methoxy groups -OCH3 is 1. The summed E-state index contributed by atoms with van der Waals surface area (Å²) in [5.41, 5.74) is 3.38. The predicted molar refractivity (Wildman–Crippen MR) is 79.6 cm³/mol. The fraction of sp³-hybridized carbons (Fsp3) is 0.333. The number of nitrogens with two attached hydrogens (primary N) is 1. The van der Waals surface area contributed by atoms with Crippen LogP contribution < -0.4 is 20.7 Å². The number of anilines is 1. The molecule has 1 heterocycles. The number of hydrogen-bond acceptors (Lipinski definition) is 6. The first kappa shape index (κ1) is 13.6. The van der Waals surface area contributed by atoms with E-state index in [2.05, 4.69) is 15.4 Å². The monoisotopic (exact) mass is 286 g/mol. The Hall–Kier alpha value is -2.34. The molecule has 0 atom stereocenters. The van der Waals surface area contributed by atoms with E-state index in [1.165, 1.54) is 0 Å². The molecule has 2 aromatic rings. The topological polar surface area (TPSA) is 82.3 Å². The van der Waals surface area contributed by atoms with Crippen LogP contribution >= 0.6 is 0 Å². The molecule has 3 rings (SSSR count). The highest BCUT2D eigenvalue weighted by Crippen LogP contribution is 2.41. The standard InChI is InChI=1S/C15H18N4O2/c1-9-13(19-16)17-14(10-7-8-10)18-15(9)21-12-6-4-3-5-11(12)20-2/h3-6,10H,7-8,16H2,1-2H3,(H,17,18,19). The molecule has 0 amide bonds. The fourth-order valence-electron chi connectivity index (χ4n) is 2.08. The van der Waals surface area contributed by atoms with Crippen LogP contribution in [0.2, 0.25) is 0 Å². The quantitative estimate of drug-likeness (QED) is 0.649. The normalized spacial score (nSPS) is 13.9. The summed E-state index contributed by atoms with van der Waals surface area (Å²) in [4.78, 5) is 8.97. The number of ether oxygens (including phenoxy) is 2. The van der Waals surface area contributed by atoms with E-state index in [0.717, 1.165) is 24.2 Å². The van der Waals surface area contributed by atoms with Crippen LogP contribution in [0.25, 0.3) is 0 Å². The lowest BCUT2D eigenvalue weighted by atomic mass is 10.3. The molecule has 1 aliphatic carbocycles. The average Bonchev–Trinajstić information content (AvgIpc) is 3.34. The second-order valence-electron chi connectivity index (χ2n) is 5.03. The van der Waals surface area contributed by atoms with E-state index in [4.69, 9.17) is 15.3 Å². The van der Waals surface area contributed by atoms with Gasteiger partial charge in [0.15, 0.2) is 17.3 Å². The molecular weight excluding hydrogens is 268 g/mol. The summed E-state index contributed by atoms with van der Waals surface area (Å²) in [7, 11) is 1.61. The fourth-order valence-corrected chi connectivity index (χ4v) is 2.08. The Morgan fingerprint density at radius 3 is 2.52 bits per heavy atom. The number of para-hydroxylation sites is 2. The molecule has 3 N–H and O–H groups in total. The van der Waals surface area contributed by atoms with Gasteiger partial charge in [-0.1, -0.05) is 12.1 Å². The van der Waals surface area contributed by atoms with E-state index >= 15 is 0 Å². The lowest BCUT2D eigenvalue weighted by Crippen LogP contribution is -2.13. The van der Waals surface area contributed by atoms with Crippen LogP contribution in [0.4, 0.5) is 5.82 Å².